The maximum Gasteiger partial charge on any atom is 0.326 e. The normalized spacial score (nSPS) is 12.4. The molecule has 0 aliphatic heterocycles. The number of azo groups is 2. The smallest absolute Gasteiger partial charge is 0.326 e. The van der Waals surface area contributed by atoms with Crippen LogP contribution in [-0.2, 0) is 30.1 Å². The van der Waals surface area contributed by atoms with Gasteiger partial charge in [-0.1, -0.05) is 23.5 Å². The van der Waals surface area contributed by atoms with Gasteiger partial charge in [-0.15, -0.1) is 20.5 Å². The first kappa shape index (κ1) is 34.1. The van der Waals surface area contributed by atoms with Gasteiger partial charge in [-0.2, -0.15) is 0 Å². The number of amides is 1. The third-order valence-corrected chi connectivity index (χ3v) is 9.37. The molecule has 0 radical (unpaired) electrons. The van der Waals surface area contributed by atoms with Gasteiger partial charge in [0.05, 0.1) is 29.7 Å². The molecule has 7 rings (SSSR count). The van der Waals surface area contributed by atoms with Crippen molar-refractivity contribution in [1.29, 1.82) is 0 Å². The van der Waals surface area contributed by atoms with Crippen molar-refractivity contribution in [2.75, 3.05) is 0 Å². The third kappa shape index (κ3) is 7.66. The Kier molecular flexibility index (Phi) is 9.71. The van der Waals surface area contributed by atoms with Crippen LogP contribution < -0.4 is 5.32 Å². The number of nitrogens with one attached hydrogen (secondary N) is 2. The number of hydrogen-bond donors (Lipinski definition) is 3. The summed E-state index contributed by atoms with van der Waals surface area (Å²) in [5, 5.41) is 30.7. The molecule has 0 unspecified atom stereocenters. The predicted molar refractivity (Wildman–Crippen MR) is 190 cm³/mol. The highest BCUT2D eigenvalue weighted by Crippen LogP contribution is 2.33. The Morgan fingerprint density at radius 3 is 1.79 bits per heavy atom. The lowest BCUT2D eigenvalue weighted by atomic mass is 10.1. The number of fused-ring (bicyclic) bond motifs is 2. The number of carbonyl (C=O) groups is 2. The molecule has 0 saturated carbocycles. The van der Waals surface area contributed by atoms with Crippen molar-refractivity contribution >= 4 is 80.9 Å². The monoisotopic (exact) mass is 733 g/mol. The molecule has 0 bridgehead atoms. The number of nitrogens with zero attached hydrogens (tertiary/aromatic N) is 13. The first-order chi connectivity index (χ1) is 25.2. The Morgan fingerprint density at radius 1 is 0.769 bits per heavy atom. The summed E-state index contributed by atoms with van der Waals surface area (Å²) in [5.41, 5.74) is 4.19. The van der Waals surface area contributed by atoms with E-state index < -0.39 is 17.9 Å². The first-order valence-electron chi connectivity index (χ1n) is 15.4. The summed E-state index contributed by atoms with van der Waals surface area (Å²) in [7, 11) is 3.75. The summed E-state index contributed by atoms with van der Waals surface area (Å²) < 4.78 is 3.66. The summed E-state index contributed by atoms with van der Waals surface area (Å²) >= 11 is 2.89. The fourth-order valence-corrected chi connectivity index (χ4v) is 6.57. The second-order valence-corrected chi connectivity index (χ2v) is 13.3. The van der Waals surface area contributed by atoms with Gasteiger partial charge in [-0.3, -0.25) is 4.79 Å². The standard InChI is InChI=1S/C32H27N15O3S2/c1-17(48)39-23(31(49)50)12-22-26(44-42-18-4-8-20(9-5-18)51-29-24-27(33-13-35-29)46(2)15-37-24)41-32(40-22)45-43-19-6-10-21(11-7-19)52-30-25-28(34-14-36-30)47(3)16-38-25/h4-11,13-16,23H,12H2,1-3H3,(H,39,48)(H,40,41)(H,49,50)/t23-/m0/s1. The number of imidazole rings is 3. The summed E-state index contributed by atoms with van der Waals surface area (Å²) in [6.07, 6.45) is 6.22. The van der Waals surface area contributed by atoms with Crippen molar-refractivity contribution in [3.8, 4) is 0 Å². The van der Waals surface area contributed by atoms with E-state index in [4.69, 9.17) is 0 Å². The average molecular weight is 734 g/mol. The topological polar surface area (TPSA) is 232 Å². The molecule has 0 aliphatic rings. The SMILES string of the molecule is CC(=O)N[C@@H](Cc1nc(N=Nc2ccc(Sc3ncnc4c3ncn4C)cc2)[nH]c1N=Nc1ccc(Sc2ncnc3c2ncn3C)cc1)C(=O)O. The molecule has 5 heterocycles. The van der Waals surface area contributed by atoms with E-state index in [1.165, 1.54) is 43.1 Å². The van der Waals surface area contributed by atoms with E-state index in [2.05, 4.69) is 65.6 Å². The van der Waals surface area contributed by atoms with Crippen molar-refractivity contribution in [3.05, 3.63) is 79.5 Å². The van der Waals surface area contributed by atoms with Crippen LogP contribution in [0.15, 0.2) is 114 Å². The average Bonchev–Trinajstić information content (AvgIpc) is 3.84. The van der Waals surface area contributed by atoms with Gasteiger partial charge >= 0.3 is 5.97 Å². The quantitative estimate of drug-likeness (QED) is 0.0965. The molecule has 5 aromatic heterocycles. The molecule has 0 spiro atoms. The molecule has 3 N–H and O–H groups in total. The fourth-order valence-electron chi connectivity index (χ4n) is 4.89. The van der Waals surface area contributed by atoms with Crippen LogP contribution in [0.25, 0.3) is 22.3 Å². The molecule has 260 valence electrons. The van der Waals surface area contributed by atoms with Crippen LogP contribution in [0.4, 0.5) is 23.1 Å². The Hall–Kier alpha value is -6.41. The van der Waals surface area contributed by atoms with E-state index in [0.717, 1.165) is 31.1 Å². The lowest BCUT2D eigenvalue weighted by molar-refractivity contribution is -0.141. The highest BCUT2D eigenvalue weighted by molar-refractivity contribution is 7.99. The number of aliphatic carboxylic acids is 1. The Balaban J connectivity index is 1.08. The summed E-state index contributed by atoms with van der Waals surface area (Å²) in [6, 6.07) is 13.4. The van der Waals surface area contributed by atoms with Crippen molar-refractivity contribution in [2.24, 2.45) is 34.6 Å². The zero-order chi connectivity index (χ0) is 36.2. The van der Waals surface area contributed by atoms with Crippen molar-refractivity contribution in [2.45, 2.75) is 39.2 Å². The maximum atomic E-state index is 11.9. The molecule has 1 atom stereocenters. The van der Waals surface area contributed by atoms with Gasteiger partial charge in [-0.25, -0.2) is 39.7 Å². The van der Waals surface area contributed by atoms with Crippen LogP contribution in [0.1, 0.15) is 12.6 Å². The van der Waals surface area contributed by atoms with Gasteiger partial charge < -0.3 is 24.5 Å². The summed E-state index contributed by atoms with van der Waals surface area (Å²) in [6.45, 7) is 1.24. The Bertz CT molecular complexity index is 2470. The van der Waals surface area contributed by atoms with Crippen molar-refractivity contribution in [3.63, 3.8) is 0 Å². The van der Waals surface area contributed by atoms with E-state index in [0.29, 0.717) is 22.4 Å². The zero-order valence-electron chi connectivity index (χ0n) is 27.6. The minimum absolute atomic E-state index is 0.0744. The van der Waals surface area contributed by atoms with E-state index in [9.17, 15) is 14.7 Å². The molecule has 18 nitrogen and oxygen atoms in total. The lowest BCUT2D eigenvalue weighted by Gasteiger charge is -2.11. The van der Waals surface area contributed by atoms with Crippen LogP contribution in [0.5, 0.6) is 0 Å². The molecule has 0 aliphatic carbocycles. The number of aromatic nitrogens is 10. The van der Waals surface area contributed by atoms with Gasteiger partial charge in [0.2, 0.25) is 11.9 Å². The number of aryl methyl sites for hydroxylation is 2. The van der Waals surface area contributed by atoms with Crippen LogP contribution in [-0.4, -0.2) is 72.0 Å². The molecule has 52 heavy (non-hydrogen) atoms. The molecule has 0 saturated heterocycles. The highest BCUT2D eigenvalue weighted by atomic mass is 32.2. The second kappa shape index (κ2) is 14.8. The van der Waals surface area contributed by atoms with Crippen LogP contribution in [0.2, 0.25) is 0 Å². The third-order valence-electron chi connectivity index (χ3n) is 7.37. The molecule has 0 fully saturated rings. The van der Waals surface area contributed by atoms with Crippen molar-refractivity contribution in [1.82, 2.24) is 54.3 Å². The van der Waals surface area contributed by atoms with Gasteiger partial charge in [0.1, 0.15) is 39.8 Å². The minimum Gasteiger partial charge on any atom is -0.480 e. The molecule has 1 amide bonds. The van der Waals surface area contributed by atoms with Gasteiger partial charge in [0, 0.05) is 37.2 Å². The number of aromatic amines is 1. The first-order valence-corrected chi connectivity index (χ1v) is 17.1. The van der Waals surface area contributed by atoms with Gasteiger partial charge in [-0.05, 0) is 48.5 Å². The molecular weight excluding hydrogens is 707 g/mol. The Labute approximate surface area is 302 Å². The Morgan fingerprint density at radius 2 is 1.29 bits per heavy atom. The molecule has 20 heteroatoms. The fraction of sp³-hybridized carbons (Fsp3) is 0.156. The summed E-state index contributed by atoms with van der Waals surface area (Å²) in [4.78, 5) is 58.9. The van der Waals surface area contributed by atoms with E-state index in [1.54, 1.807) is 36.9 Å². The number of H-pyrrole nitrogens is 1. The van der Waals surface area contributed by atoms with E-state index >= 15 is 0 Å². The zero-order valence-corrected chi connectivity index (χ0v) is 29.2. The van der Waals surface area contributed by atoms with Crippen LogP contribution in [0, 0.1) is 0 Å². The maximum absolute atomic E-state index is 11.9. The number of carbonyl (C=O) groups excluding carboxylic acids is 1. The van der Waals surface area contributed by atoms with Crippen LogP contribution >= 0.6 is 23.5 Å². The highest BCUT2D eigenvalue weighted by Gasteiger charge is 2.23. The molecule has 7 aromatic rings. The van der Waals surface area contributed by atoms with E-state index in [-0.39, 0.29) is 23.9 Å². The minimum atomic E-state index is -1.25. The predicted octanol–water partition coefficient (Wildman–Crippen LogP) is 6.03. The van der Waals surface area contributed by atoms with E-state index in [1.807, 2.05) is 47.5 Å². The van der Waals surface area contributed by atoms with Gasteiger partial charge in [0.15, 0.2) is 17.1 Å². The number of rotatable bonds is 12. The number of benzene rings is 2. The largest absolute Gasteiger partial charge is 0.480 e. The molecule has 2 aromatic carbocycles. The number of hydrogen-bond acceptors (Lipinski definition) is 15. The van der Waals surface area contributed by atoms with Crippen molar-refractivity contribution < 1.29 is 14.7 Å². The molecular formula is C32H27N15O3S2. The summed E-state index contributed by atoms with van der Waals surface area (Å²) in [5.74, 6) is -1.49. The number of carboxylic acids is 1. The lowest BCUT2D eigenvalue weighted by Crippen LogP contribution is -2.41. The number of carboxylic acid groups (broad SMARTS) is 1. The van der Waals surface area contributed by atoms with Gasteiger partial charge in [0.25, 0.3) is 0 Å². The van der Waals surface area contributed by atoms with Crippen LogP contribution in [0.3, 0.4) is 0 Å². The second-order valence-electron chi connectivity index (χ2n) is 11.2.